The average Bonchev–Trinajstić information content (AvgIpc) is 3.27. The molecule has 0 bridgehead atoms. The maximum Gasteiger partial charge on any atom is 0.267 e. The minimum atomic E-state index is 0.0511. The van der Waals surface area contributed by atoms with Crippen LogP contribution >= 0.6 is 23.1 Å². The van der Waals surface area contributed by atoms with Crippen LogP contribution in [0.1, 0.15) is 48.6 Å². The summed E-state index contributed by atoms with van der Waals surface area (Å²) in [5, 5.41) is 1.59. The van der Waals surface area contributed by atoms with E-state index in [0.29, 0.717) is 0 Å². The third-order valence-electron chi connectivity index (χ3n) is 6.73. The lowest BCUT2D eigenvalue weighted by molar-refractivity contribution is 0.249. The SMILES string of the molecule is CCCCCCSc1nc2sc3c(c2c(=O)n1-c1ccc(OC)cc1)CCN(Cc1ccccc1)C3. The molecule has 2 aromatic carbocycles. The molecule has 36 heavy (non-hydrogen) atoms. The number of hydrogen-bond acceptors (Lipinski definition) is 6. The van der Waals surface area contributed by atoms with Crippen molar-refractivity contribution in [3.63, 3.8) is 0 Å². The highest BCUT2D eigenvalue weighted by Gasteiger charge is 2.25. The van der Waals surface area contributed by atoms with E-state index in [1.807, 2.05) is 28.8 Å². The monoisotopic (exact) mass is 519 g/mol. The van der Waals surface area contributed by atoms with E-state index in [-0.39, 0.29) is 5.56 Å². The van der Waals surface area contributed by atoms with E-state index in [1.54, 1.807) is 30.2 Å². The Kier molecular flexibility index (Phi) is 8.09. The van der Waals surface area contributed by atoms with Crippen LogP contribution in [0.4, 0.5) is 0 Å². The maximum atomic E-state index is 14.0. The Balaban J connectivity index is 1.50. The van der Waals surface area contributed by atoms with Crippen LogP contribution in [-0.4, -0.2) is 33.9 Å². The molecule has 5 rings (SSSR count). The average molecular weight is 520 g/mol. The number of thiophene rings is 1. The van der Waals surface area contributed by atoms with Crippen LogP contribution in [0.3, 0.4) is 0 Å². The van der Waals surface area contributed by atoms with Gasteiger partial charge in [-0.05, 0) is 48.2 Å². The van der Waals surface area contributed by atoms with Gasteiger partial charge >= 0.3 is 0 Å². The molecule has 0 aliphatic carbocycles. The predicted molar refractivity (Wildman–Crippen MR) is 151 cm³/mol. The highest BCUT2D eigenvalue weighted by atomic mass is 32.2. The van der Waals surface area contributed by atoms with Crippen LogP contribution < -0.4 is 10.3 Å². The highest BCUT2D eigenvalue weighted by molar-refractivity contribution is 7.99. The van der Waals surface area contributed by atoms with Crippen LogP contribution in [0, 0.1) is 0 Å². The second-order valence-corrected chi connectivity index (χ2v) is 11.4. The van der Waals surface area contributed by atoms with Crippen LogP contribution in [0.25, 0.3) is 15.9 Å². The molecule has 0 amide bonds. The summed E-state index contributed by atoms with van der Waals surface area (Å²) in [4.78, 5) is 23.7. The lowest BCUT2D eigenvalue weighted by Crippen LogP contribution is -2.30. The van der Waals surface area contributed by atoms with Gasteiger partial charge in [-0.3, -0.25) is 14.3 Å². The zero-order chi connectivity index (χ0) is 24.9. The summed E-state index contributed by atoms with van der Waals surface area (Å²) in [6.45, 7) is 4.97. The van der Waals surface area contributed by atoms with Crippen molar-refractivity contribution >= 4 is 33.3 Å². The molecular weight excluding hydrogens is 486 g/mol. The number of aromatic nitrogens is 2. The van der Waals surface area contributed by atoms with Crippen LogP contribution in [0.2, 0.25) is 0 Å². The van der Waals surface area contributed by atoms with Gasteiger partial charge in [0.2, 0.25) is 0 Å². The number of fused-ring (bicyclic) bond motifs is 3. The van der Waals surface area contributed by atoms with E-state index in [1.165, 1.54) is 35.3 Å². The number of unbranched alkanes of at least 4 members (excludes halogenated alkanes) is 3. The largest absolute Gasteiger partial charge is 0.497 e. The first kappa shape index (κ1) is 25.1. The van der Waals surface area contributed by atoms with E-state index >= 15 is 0 Å². The Morgan fingerprint density at radius 3 is 2.61 bits per heavy atom. The fourth-order valence-corrected chi connectivity index (χ4v) is 7.12. The first-order chi connectivity index (χ1) is 17.7. The van der Waals surface area contributed by atoms with Crippen molar-refractivity contribution in [1.82, 2.24) is 14.5 Å². The number of nitrogens with zero attached hydrogens (tertiary/aromatic N) is 3. The third kappa shape index (κ3) is 5.38. The van der Waals surface area contributed by atoms with E-state index in [9.17, 15) is 4.79 Å². The van der Waals surface area contributed by atoms with Gasteiger partial charge < -0.3 is 4.74 Å². The van der Waals surface area contributed by atoms with Crippen molar-refractivity contribution < 1.29 is 4.74 Å². The molecule has 0 radical (unpaired) electrons. The highest BCUT2D eigenvalue weighted by Crippen LogP contribution is 2.35. The Morgan fingerprint density at radius 2 is 1.86 bits per heavy atom. The molecule has 0 spiro atoms. The van der Waals surface area contributed by atoms with Gasteiger partial charge in [-0.1, -0.05) is 68.3 Å². The Hall–Kier alpha value is -2.61. The van der Waals surface area contributed by atoms with Crippen molar-refractivity contribution in [3.05, 3.63) is 81.0 Å². The quantitative estimate of drug-likeness (QED) is 0.133. The molecule has 0 N–H and O–H groups in total. The van der Waals surface area contributed by atoms with Gasteiger partial charge in [-0.15, -0.1) is 11.3 Å². The lowest BCUT2D eigenvalue weighted by atomic mass is 10.0. The van der Waals surface area contributed by atoms with E-state index in [2.05, 4.69) is 42.2 Å². The van der Waals surface area contributed by atoms with Gasteiger partial charge in [0.25, 0.3) is 5.56 Å². The third-order valence-corrected chi connectivity index (χ3v) is 8.87. The van der Waals surface area contributed by atoms with E-state index in [0.717, 1.165) is 65.0 Å². The molecule has 4 aromatic rings. The first-order valence-corrected chi connectivity index (χ1v) is 14.6. The zero-order valence-corrected chi connectivity index (χ0v) is 22.7. The van der Waals surface area contributed by atoms with Crippen molar-refractivity contribution in [2.75, 3.05) is 19.4 Å². The number of hydrogen-bond donors (Lipinski definition) is 0. The molecule has 2 aromatic heterocycles. The molecule has 1 aliphatic rings. The first-order valence-electron chi connectivity index (χ1n) is 12.8. The van der Waals surface area contributed by atoms with Crippen LogP contribution in [0.15, 0.2) is 64.5 Å². The smallest absolute Gasteiger partial charge is 0.267 e. The van der Waals surface area contributed by atoms with Crippen molar-refractivity contribution in [2.45, 2.75) is 57.3 Å². The normalized spacial score (nSPS) is 13.7. The molecule has 188 valence electrons. The molecule has 0 unspecified atom stereocenters. The van der Waals surface area contributed by atoms with Gasteiger partial charge in [0.1, 0.15) is 10.6 Å². The molecule has 5 nitrogen and oxygen atoms in total. The molecular formula is C29H33N3O2S2. The molecule has 0 saturated heterocycles. The van der Waals surface area contributed by atoms with Crippen molar-refractivity contribution in [1.29, 1.82) is 0 Å². The molecule has 7 heteroatoms. The van der Waals surface area contributed by atoms with Crippen molar-refractivity contribution in [2.24, 2.45) is 0 Å². The zero-order valence-electron chi connectivity index (χ0n) is 21.0. The van der Waals surface area contributed by atoms with E-state index < -0.39 is 0 Å². The molecule has 0 saturated carbocycles. The fourth-order valence-electron chi connectivity index (χ4n) is 4.80. The number of ether oxygens (including phenoxy) is 1. The second-order valence-electron chi connectivity index (χ2n) is 9.27. The summed E-state index contributed by atoms with van der Waals surface area (Å²) in [5.41, 5.74) is 3.41. The van der Waals surface area contributed by atoms with Gasteiger partial charge in [0.05, 0.1) is 18.2 Å². The lowest BCUT2D eigenvalue weighted by Gasteiger charge is -2.26. The number of rotatable bonds is 10. The van der Waals surface area contributed by atoms with Gasteiger partial charge in [0, 0.05) is 30.3 Å². The summed E-state index contributed by atoms with van der Waals surface area (Å²) >= 11 is 3.40. The second kappa shape index (κ2) is 11.6. The topological polar surface area (TPSA) is 47.4 Å². The van der Waals surface area contributed by atoms with Crippen molar-refractivity contribution in [3.8, 4) is 11.4 Å². The minimum absolute atomic E-state index is 0.0511. The number of methoxy groups -OCH3 is 1. The molecule has 0 atom stereocenters. The Morgan fingerprint density at radius 1 is 1.06 bits per heavy atom. The van der Waals surface area contributed by atoms with Gasteiger partial charge in [-0.2, -0.15) is 0 Å². The fraction of sp³-hybridized carbons (Fsp3) is 0.379. The van der Waals surface area contributed by atoms with Crippen LogP contribution in [0.5, 0.6) is 5.75 Å². The molecule has 1 aliphatic heterocycles. The minimum Gasteiger partial charge on any atom is -0.497 e. The number of thioether (sulfide) groups is 1. The van der Waals surface area contributed by atoms with Gasteiger partial charge in [0.15, 0.2) is 5.16 Å². The van der Waals surface area contributed by atoms with Gasteiger partial charge in [-0.25, -0.2) is 4.98 Å². The molecule has 3 heterocycles. The summed E-state index contributed by atoms with van der Waals surface area (Å²) in [6.07, 6.45) is 5.68. The summed E-state index contributed by atoms with van der Waals surface area (Å²) in [6, 6.07) is 18.3. The number of benzene rings is 2. The molecule has 0 fully saturated rings. The predicted octanol–water partition coefficient (Wildman–Crippen LogP) is 6.69. The summed E-state index contributed by atoms with van der Waals surface area (Å²) in [7, 11) is 1.66. The Labute approximate surface area is 221 Å². The van der Waals surface area contributed by atoms with E-state index in [4.69, 9.17) is 9.72 Å². The summed E-state index contributed by atoms with van der Waals surface area (Å²) in [5.74, 6) is 1.74. The Bertz CT molecular complexity index is 1360. The van der Waals surface area contributed by atoms with Crippen LogP contribution in [-0.2, 0) is 19.5 Å². The summed E-state index contributed by atoms with van der Waals surface area (Å²) < 4.78 is 7.16. The maximum absolute atomic E-state index is 14.0. The standard InChI is InChI=1S/C29H33N3O2S2/c1-3-4-5-9-18-35-29-30-27-26(28(33)32(29)22-12-14-23(34-2)15-13-22)24-16-17-31(20-25(24)36-27)19-21-10-7-6-8-11-21/h6-8,10-15H,3-5,9,16-20H2,1-2H3.